The molecule has 1 saturated heterocycles. The lowest BCUT2D eigenvalue weighted by Crippen LogP contribution is -2.58. The third kappa shape index (κ3) is 7.87. The molecule has 0 radical (unpaired) electrons. The van der Waals surface area contributed by atoms with Crippen LogP contribution in [0.5, 0.6) is 17.2 Å². The van der Waals surface area contributed by atoms with Gasteiger partial charge in [0.1, 0.15) is 35.6 Å². The van der Waals surface area contributed by atoms with Crippen LogP contribution in [0.15, 0.2) is 54.6 Å². The van der Waals surface area contributed by atoms with Crippen LogP contribution in [0.4, 0.5) is 0 Å². The first kappa shape index (κ1) is 41.0. The first-order chi connectivity index (χ1) is 27.2. The van der Waals surface area contributed by atoms with E-state index in [4.69, 9.17) is 25.7 Å². The Hall–Kier alpha value is -5.62. The van der Waals surface area contributed by atoms with Gasteiger partial charge in [-0.05, 0) is 59.4 Å². The maximum atomic E-state index is 14.8. The first-order valence-electron chi connectivity index (χ1n) is 18.0. The van der Waals surface area contributed by atoms with Gasteiger partial charge in [0.15, 0.2) is 17.9 Å². The molecule has 1 fully saturated rings. The molecule has 0 bridgehead atoms. The van der Waals surface area contributed by atoms with Crippen LogP contribution in [0.2, 0.25) is 0 Å². The number of ketones is 2. The monoisotopic (exact) mass is 782 g/mol. The van der Waals surface area contributed by atoms with Crippen molar-refractivity contribution in [2.45, 2.75) is 70.2 Å². The number of phenolic OH excluding ortho intramolecular Hbond substituents is 1. The fourth-order valence-electron chi connectivity index (χ4n) is 7.19. The van der Waals surface area contributed by atoms with Gasteiger partial charge in [-0.3, -0.25) is 19.2 Å². The molecule has 0 saturated carbocycles. The highest BCUT2D eigenvalue weighted by atomic mass is 16.7. The van der Waals surface area contributed by atoms with Gasteiger partial charge in [-0.1, -0.05) is 48.5 Å². The minimum atomic E-state index is -1.82. The number of aldehydes is 1. The fraction of sp³-hybridized carbons (Fsp3) is 0.286. The molecule has 5 atom stereocenters. The minimum Gasteiger partial charge on any atom is -0.507 e. The van der Waals surface area contributed by atoms with Crippen LogP contribution >= 0.6 is 0 Å². The molecule has 57 heavy (non-hydrogen) atoms. The van der Waals surface area contributed by atoms with E-state index < -0.39 is 72.3 Å². The summed E-state index contributed by atoms with van der Waals surface area (Å²) in [7, 11) is 0. The molecule has 1 aliphatic heterocycles. The van der Waals surface area contributed by atoms with Crippen LogP contribution in [-0.4, -0.2) is 91.8 Å². The number of carbonyl (C=O) groups is 4. The lowest BCUT2D eigenvalue weighted by molar-refractivity contribution is -0.268. The molecule has 1 heterocycles. The molecule has 15 nitrogen and oxygen atoms in total. The topological polar surface area (TPSA) is 269 Å². The number of phenols is 1. The van der Waals surface area contributed by atoms with Crippen LogP contribution in [0.3, 0.4) is 0 Å². The lowest BCUT2D eigenvalue weighted by atomic mass is 9.77. The number of hydrogen-bond donors (Lipinski definition) is 8. The zero-order valence-electron chi connectivity index (χ0n) is 30.9. The van der Waals surface area contributed by atoms with Crippen LogP contribution < -0.4 is 20.9 Å². The Labute approximate surface area is 326 Å². The van der Waals surface area contributed by atoms with Gasteiger partial charge in [-0.25, -0.2) is 0 Å². The molecule has 4 aromatic rings. The summed E-state index contributed by atoms with van der Waals surface area (Å²) in [6, 6.07) is 14.2. The zero-order chi connectivity index (χ0) is 41.3. The number of ether oxygens (including phenoxy) is 3. The Bertz CT molecular complexity index is 2280. The summed E-state index contributed by atoms with van der Waals surface area (Å²) in [6.45, 7) is 1.71. The van der Waals surface area contributed by atoms with Crippen molar-refractivity contribution >= 4 is 36.0 Å². The smallest absolute Gasteiger partial charge is 0.308 e. The Balaban J connectivity index is 1.58. The molecule has 2 aliphatic rings. The van der Waals surface area contributed by atoms with Crippen molar-refractivity contribution in [2.75, 3.05) is 6.61 Å². The SMILES string of the molecule is CC(=O)Oc1cc(CO)c2c(c1/C=C/c1cccc(CCO)c1)C(=O)c1cc(O[C@H]3O[C@@H](C)[C@@H](O)[C@@H](O)[C@H]3O)c(Cc3cccc(C(N)N)c3C=O)c(O)c1C2=O. The molecule has 0 spiro atoms. The third-order valence-electron chi connectivity index (χ3n) is 10.0. The number of aromatic hydroxyl groups is 1. The summed E-state index contributed by atoms with van der Waals surface area (Å²) in [5, 5.41) is 63.7. The Morgan fingerprint density at radius 2 is 1.61 bits per heavy atom. The number of rotatable bonds is 12. The van der Waals surface area contributed by atoms with Crippen LogP contribution in [-0.2, 0) is 29.0 Å². The summed E-state index contributed by atoms with van der Waals surface area (Å²) < 4.78 is 17.2. The van der Waals surface area contributed by atoms with Crippen LogP contribution in [0.1, 0.15) is 101 Å². The number of aliphatic hydroxyl groups excluding tert-OH is 5. The van der Waals surface area contributed by atoms with Gasteiger partial charge in [0.2, 0.25) is 6.29 Å². The van der Waals surface area contributed by atoms with Crippen LogP contribution in [0.25, 0.3) is 12.2 Å². The third-order valence-corrected chi connectivity index (χ3v) is 10.0. The van der Waals surface area contributed by atoms with E-state index in [9.17, 15) is 49.8 Å². The van der Waals surface area contributed by atoms with Gasteiger partial charge in [0.25, 0.3) is 0 Å². The van der Waals surface area contributed by atoms with Crippen molar-refractivity contribution in [1.29, 1.82) is 0 Å². The molecule has 15 heteroatoms. The number of esters is 1. The van der Waals surface area contributed by atoms with Crippen molar-refractivity contribution in [3.8, 4) is 17.2 Å². The molecule has 4 aromatic carbocycles. The summed E-state index contributed by atoms with van der Waals surface area (Å²) in [5.74, 6) is -3.66. The standard InChI is InChI=1S/C42H42N2O13/c1-19-35(49)39(53)40(54)42(55-19)57-31-16-28-34(36(50)27(31)14-23-7-4-8-25(41(43)44)29(23)18-47)38(52)32-24(17-46)15-30(56-20(2)48)26(33(32)37(28)51)10-9-21-5-3-6-22(13-21)11-12-45/h3-10,13,15-16,18-19,35,39-42,45-46,49-50,53-54H,11-12,14,17,43-44H2,1-2H3/b10-9+/t19-,35+,39+,40+,42+/m0/s1. The average Bonchev–Trinajstić information content (AvgIpc) is 3.18. The number of carbonyl (C=O) groups excluding carboxylic acids is 4. The number of nitrogens with two attached hydrogens (primary N) is 2. The van der Waals surface area contributed by atoms with E-state index in [0.717, 1.165) is 18.6 Å². The summed E-state index contributed by atoms with van der Waals surface area (Å²) in [5.41, 5.74) is 12.4. The maximum Gasteiger partial charge on any atom is 0.308 e. The fourth-order valence-corrected chi connectivity index (χ4v) is 7.19. The molecular formula is C42H42N2O13. The lowest BCUT2D eigenvalue weighted by Gasteiger charge is -2.39. The van der Waals surface area contributed by atoms with E-state index in [-0.39, 0.29) is 74.6 Å². The molecular weight excluding hydrogens is 740 g/mol. The van der Waals surface area contributed by atoms with Gasteiger partial charge in [-0.15, -0.1) is 0 Å². The second-order valence-electron chi connectivity index (χ2n) is 13.8. The number of benzene rings is 4. The highest BCUT2D eigenvalue weighted by Gasteiger charge is 2.44. The van der Waals surface area contributed by atoms with E-state index in [1.807, 2.05) is 6.07 Å². The molecule has 0 unspecified atom stereocenters. The molecule has 298 valence electrons. The van der Waals surface area contributed by atoms with Crippen molar-refractivity contribution in [2.24, 2.45) is 11.5 Å². The van der Waals surface area contributed by atoms with Gasteiger partial charge in [0.05, 0.1) is 24.4 Å². The van der Waals surface area contributed by atoms with Crippen molar-refractivity contribution in [1.82, 2.24) is 0 Å². The van der Waals surface area contributed by atoms with Crippen molar-refractivity contribution in [3.05, 3.63) is 121 Å². The second-order valence-corrected chi connectivity index (χ2v) is 13.8. The first-order valence-corrected chi connectivity index (χ1v) is 18.0. The molecule has 6 rings (SSSR count). The highest BCUT2D eigenvalue weighted by Crippen LogP contribution is 2.45. The van der Waals surface area contributed by atoms with Crippen molar-refractivity contribution < 1.29 is 64.0 Å². The molecule has 1 aliphatic carbocycles. The van der Waals surface area contributed by atoms with Gasteiger partial charge < -0.3 is 56.3 Å². The second kappa shape index (κ2) is 16.9. The predicted octanol–water partition coefficient (Wildman–Crippen LogP) is 1.82. The Kier molecular flexibility index (Phi) is 12.1. The normalized spacial score (nSPS) is 20.4. The largest absolute Gasteiger partial charge is 0.507 e. The van der Waals surface area contributed by atoms with E-state index in [2.05, 4.69) is 0 Å². The minimum absolute atomic E-state index is 0.00234. The number of hydrogen-bond acceptors (Lipinski definition) is 15. The van der Waals surface area contributed by atoms with E-state index in [1.54, 1.807) is 42.5 Å². The summed E-state index contributed by atoms with van der Waals surface area (Å²) in [4.78, 5) is 54.1. The maximum absolute atomic E-state index is 14.8. The van der Waals surface area contributed by atoms with Crippen molar-refractivity contribution in [3.63, 3.8) is 0 Å². The Morgan fingerprint density at radius 3 is 2.28 bits per heavy atom. The molecule has 0 aromatic heterocycles. The van der Waals surface area contributed by atoms with Gasteiger partial charge in [-0.2, -0.15) is 0 Å². The van der Waals surface area contributed by atoms with E-state index in [0.29, 0.717) is 18.3 Å². The number of aliphatic hydroxyl groups is 5. The summed E-state index contributed by atoms with van der Waals surface area (Å²) >= 11 is 0. The van der Waals surface area contributed by atoms with E-state index >= 15 is 0 Å². The van der Waals surface area contributed by atoms with Gasteiger partial charge >= 0.3 is 5.97 Å². The molecule has 0 amide bonds. The average molecular weight is 783 g/mol. The zero-order valence-corrected chi connectivity index (χ0v) is 30.9. The predicted molar refractivity (Wildman–Crippen MR) is 204 cm³/mol. The number of fused-ring (bicyclic) bond motifs is 2. The quantitative estimate of drug-likeness (QED) is 0.0295. The highest BCUT2D eigenvalue weighted by molar-refractivity contribution is 6.31. The Morgan fingerprint density at radius 1 is 0.877 bits per heavy atom. The van der Waals surface area contributed by atoms with E-state index in [1.165, 1.54) is 19.1 Å². The summed E-state index contributed by atoms with van der Waals surface area (Å²) in [6.07, 6.45) is -5.13. The van der Waals surface area contributed by atoms with Gasteiger partial charge in [0, 0.05) is 53.3 Å². The van der Waals surface area contributed by atoms with Crippen LogP contribution in [0, 0.1) is 0 Å². The molecule has 10 N–H and O–H groups in total.